The van der Waals surface area contributed by atoms with Crippen molar-refractivity contribution in [2.75, 3.05) is 0 Å². The fourth-order valence-corrected chi connectivity index (χ4v) is 1.01. The molecule has 0 aliphatic carbocycles. The van der Waals surface area contributed by atoms with Crippen molar-refractivity contribution in [3.8, 4) is 0 Å². The van der Waals surface area contributed by atoms with Crippen molar-refractivity contribution < 1.29 is 26.3 Å². The van der Waals surface area contributed by atoms with E-state index in [1.807, 2.05) is 0 Å². The molecule has 0 unspecified atom stereocenters. The van der Waals surface area contributed by atoms with Gasteiger partial charge in [0.2, 0.25) is 0 Å². The maximum atomic E-state index is 12.3. The summed E-state index contributed by atoms with van der Waals surface area (Å²) in [6.45, 7) is 0.695. The third kappa shape index (κ3) is 3.76. The van der Waals surface area contributed by atoms with Gasteiger partial charge in [0.15, 0.2) is 0 Å². The summed E-state index contributed by atoms with van der Waals surface area (Å²) >= 11 is 0. The minimum absolute atomic E-state index is 0.380. The van der Waals surface area contributed by atoms with Crippen LogP contribution in [0.1, 0.15) is 12.5 Å². The van der Waals surface area contributed by atoms with E-state index in [1.165, 1.54) is 0 Å². The molecule has 17 heavy (non-hydrogen) atoms. The topological polar surface area (TPSA) is 12.4 Å². The molecule has 1 rings (SSSR count). The number of nitrogens with zero attached hydrogens (tertiary/aromatic N) is 1. The van der Waals surface area contributed by atoms with E-state index < -0.39 is 23.6 Å². The average molecular weight is 255 g/mol. The van der Waals surface area contributed by atoms with Crippen molar-refractivity contribution in [2.45, 2.75) is 19.3 Å². The van der Waals surface area contributed by atoms with Crippen LogP contribution in [0.5, 0.6) is 0 Å². The van der Waals surface area contributed by atoms with E-state index in [1.54, 1.807) is 0 Å². The summed E-state index contributed by atoms with van der Waals surface area (Å²) in [5.74, 6) is 0. The van der Waals surface area contributed by atoms with Gasteiger partial charge in [0.1, 0.15) is 5.71 Å². The van der Waals surface area contributed by atoms with Gasteiger partial charge in [-0.1, -0.05) is 6.07 Å². The predicted molar refractivity (Wildman–Crippen MR) is 50.3 cm³/mol. The van der Waals surface area contributed by atoms with Gasteiger partial charge in [-0.25, -0.2) is 4.99 Å². The first-order valence-electron chi connectivity index (χ1n) is 4.40. The van der Waals surface area contributed by atoms with Crippen molar-refractivity contribution in [3.63, 3.8) is 0 Å². The number of hydrogen-bond acceptors (Lipinski definition) is 1. The lowest BCUT2D eigenvalue weighted by atomic mass is 10.2. The molecule has 1 aromatic rings. The first-order valence-corrected chi connectivity index (χ1v) is 4.40. The lowest BCUT2D eigenvalue weighted by Gasteiger charge is -2.08. The second-order valence-electron chi connectivity index (χ2n) is 3.24. The zero-order valence-corrected chi connectivity index (χ0v) is 8.52. The van der Waals surface area contributed by atoms with Crippen molar-refractivity contribution in [1.29, 1.82) is 0 Å². The minimum Gasteiger partial charge on any atom is -0.249 e. The maximum absolute atomic E-state index is 12.3. The largest absolute Gasteiger partial charge is 0.429 e. The fourth-order valence-electron chi connectivity index (χ4n) is 1.01. The molecule has 1 nitrogen and oxygen atoms in total. The lowest BCUT2D eigenvalue weighted by molar-refractivity contribution is -0.137. The third-order valence-electron chi connectivity index (χ3n) is 1.88. The Balaban J connectivity index is 3.10. The molecule has 0 N–H and O–H groups in total. The highest BCUT2D eigenvalue weighted by Gasteiger charge is 2.33. The van der Waals surface area contributed by atoms with Crippen molar-refractivity contribution >= 4 is 11.4 Å². The van der Waals surface area contributed by atoms with Crippen molar-refractivity contribution in [1.82, 2.24) is 0 Å². The first-order chi connectivity index (χ1) is 7.60. The molecule has 0 saturated heterocycles. The highest BCUT2D eigenvalue weighted by molar-refractivity contribution is 5.89. The van der Waals surface area contributed by atoms with Crippen LogP contribution in [0, 0.1) is 0 Å². The summed E-state index contributed by atoms with van der Waals surface area (Å²) in [5, 5.41) is 0. The summed E-state index contributed by atoms with van der Waals surface area (Å²) in [5.41, 5.74) is -2.61. The summed E-state index contributed by atoms with van der Waals surface area (Å²) < 4.78 is 73.2. The molecule has 0 atom stereocenters. The molecule has 0 amide bonds. The first kappa shape index (κ1) is 13.5. The number of benzene rings is 1. The second-order valence-corrected chi connectivity index (χ2v) is 3.24. The Morgan fingerprint density at radius 3 is 2.12 bits per heavy atom. The highest BCUT2D eigenvalue weighted by atomic mass is 19.4. The van der Waals surface area contributed by atoms with Crippen molar-refractivity contribution in [3.05, 3.63) is 29.8 Å². The molecule has 1 aromatic carbocycles. The van der Waals surface area contributed by atoms with Crippen LogP contribution in [-0.4, -0.2) is 11.9 Å². The van der Waals surface area contributed by atoms with E-state index in [0.29, 0.717) is 13.0 Å². The SMILES string of the molecule is CC(=Nc1cccc(C(F)(F)F)c1)C(F)(F)F. The van der Waals surface area contributed by atoms with E-state index in [2.05, 4.69) is 4.99 Å². The van der Waals surface area contributed by atoms with E-state index in [-0.39, 0.29) is 5.69 Å². The normalized spacial score (nSPS) is 13.9. The molecule has 0 aliphatic heterocycles. The van der Waals surface area contributed by atoms with Gasteiger partial charge in [-0.2, -0.15) is 26.3 Å². The fraction of sp³-hybridized carbons (Fsp3) is 0.300. The Kier molecular flexibility index (Phi) is 3.49. The molecule has 94 valence electrons. The van der Waals surface area contributed by atoms with Gasteiger partial charge in [-0.15, -0.1) is 0 Å². The van der Waals surface area contributed by atoms with Gasteiger partial charge in [-0.3, -0.25) is 0 Å². The van der Waals surface area contributed by atoms with Gasteiger partial charge in [0, 0.05) is 0 Å². The summed E-state index contributed by atoms with van der Waals surface area (Å²) in [6.07, 6.45) is -9.24. The second kappa shape index (κ2) is 4.38. The predicted octanol–water partition coefficient (Wildman–Crippen LogP) is 4.36. The smallest absolute Gasteiger partial charge is 0.249 e. The maximum Gasteiger partial charge on any atom is 0.429 e. The van der Waals surface area contributed by atoms with Crippen LogP contribution in [0.3, 0.4) is 0 Å². The molecule has 0 saturated carbocycles. The van der Waals surface area contributed by atoms with Gasteiger partial charge in [0.05, 0.1) is 11.3 Å². The van der Waals surface area contributed by atoms with Crippen LogP contribution >= 0.6 is 0 Å². The van der Waals surface area contributed by atoms with Crippen molar-refractivity contribution in [2.24, 2.45) is 4.99 Å². The summed E-state index contributed by atoms with van der Waals surface area (Å²) in [6, 6.07) is 3.41. The number of hydrogen-bond donors (Lipinski definition) is 0. The quantitative estimate of drug-likeness (QED) is 0.522. The molecule has 0 aliphatic rings. The Labute approximate surface area is 92.8 Å². The van der Waals surface area contributed by atoms with E-state index >= 15 is 0 Å². The van der Waals surface area contributed by atoms with Gasteiger partial charge in [0.25, 0.3) is 0 Å². The standard InChI is InChI=1S/C10H7F6N/c1-6(9(11,12)13)17-8-4-2-3-7(5-8)10(14,15)16/h2-5H,1H3. The van der Waals surface area contributed by atoms with Gasteiger partial charge >= 0.3 is 12.4 Å². The molecule has 0 radical (unpaired) electrons. The van der Waals surface area contributed by atoms with Gasteiger partial charge in [-0.05, 0) is 25.1 Å². The van der Waals surface area contributed by atoms with Crippen LogP contribution in [-0.2, 0) is 6.18 Å². The Morgan fingerprint density at radius 2 is 1.65 bits per heavy atom. The van der Waals surface area contributed by atoms with Gasteiger partial charge < -0.3 is 0 Å². The molecule has 0 bridgehead atoms. The van der Waals surface area contributed by atoms with Crippen LogP contribution < -0.4 is 0 Å². The average Bonchev–Trinajstić information content (AvgIpc) is 2.15. The van der Waals surface area contributed by atoms with Crippen LogP contribution in [0.15, 0.2) is 29.3 Å². The lowest BCUT2D eigenvalue weighted by Crippen LogP contribution is -2.18. The number of alkyl halides is 6. The van der Waals surface area contributed by atoms with Crippen LogP contribution in [0.4, 0.5) is 32.0 Å². The highest BCUT2D eigenvalue weighted by Crippen LogP contribution is 2.32. The monoisotopic (exact) mass is 255 g/mol. The van der Waals surface area contributed by atoms with E-state index in [9.17, 15) is 26.3 Å². The third-order valence-corrected chi connectivity index (χ3v) is 1.88. The molecular weight excluding hydrogens is 248 g/mol. The zero-order valence-electron chi connectivity index (χ0n) is 8.52. The Hall–Kier alpha value is -1.53. The zero-order chi connectivity index (χ0) is 13.3. The summed E-state index contributed by atoms with van der Waals surface area (Å²) in [7, 11) is 0. The minimum atomic E-state index is -4.64. The molecule has 7 heteroatoms. The summed E-state index contributed by atoms with van der Waals surface area (Å²) in [4.78, 5) is 3.10. The molecule has 0 spiro atoms. The number of halogens is 6. The molecular formula is C10H7F6N. The molecule has 0 heterocycles. The van der Waals surface area contributed by atoms with E-state index in [4.69, 9.17) is 0 Å². The number of aliphatic imine (C=N–C) groups is 1. The van der Waals surface area contributed by atoms with E-state index in [0.717, 1.165) is 18.2 Å². The Bertz CT molecular complexity index is 429. The number of rotatable bonds is 1. The molecule has 0 aromatic heterocycles. The molecule has 0 fully saturated rings. The Morgan fingerprint density at radius 1 is 1.06 bits per heavy atom. The van der Waals surface area contributed by atoms with Crippen LogP contribution in [0.2, 0.25) is 0 Å². The van der Waals surface area contributed by atoms with Crippen LogP contribution in [0.25, 0.3) is 0 Å².